The maximum atomic E-state index is 10.3. The molecule has 0 heterocycles. The summed E-state index contributed by atoms with van der Waals surface area (Å²) in [4.78, 5) is 0. The second kappa shape index (κ2) is 6.49. The van der Waals surface area contributed by atoms with E-state index in [4.69, 9.17) is 5.11 Å². The number of hydrogen-bond donors (Lipinski definition) is 2. The third-order valence-electron chi connectivity index (χ3n) is 7.15. The van der Waals surface area contributed by atoms with Crippen molar-refractivity contribution in [1.82, 2.24) is 0 Å². The lowest BCUT2D eigenvalue weighted by Gasteiger charge is -2.59. The van der Waals surface area contributed by atoms with Gasteiger partial charge in [0, 0.05) is 0 Å². The van der Waals surface area contributed by atoms with Crippen molar-refractivity contribution in [1.29, 1.82) is 0 Å². The van der Waals surface area contributed by atoms with Crippen LogP contribution in [0.25, 0.3) is 0 Å². The van der Waals surface area contributed by atoms with Crippen molar-refractivity contribution in [2.24, 2.45) is 22.7 Å². The van der Waals surface area contributed by atoms with Gasteiger partial charge in [-0.2, -0.15) is 0 Å². The van der Waals surface area contributed by atoms with Crippen molar-refractivity contribution >= 4 is 0 Å². The number of aliphatic hydroxyl groups excluding tert-OH is 2. The van der Waals surface area contributed by atoms with E-state index in [2.05, 4.69) is 34.3 Å². The number of rotatable bonds is 4. The van der Waals surface area contributed by atoms with Crippen LogP contribution in [0.5, 0.6) is 0 Å². The largest absolute Gasteiger partial charge is 0.392 e. The van der Waals surface area contributed by atoms with Crippen molar-refractivity contribution in [2.45, 2.75) is 72.3 Å². The molecule has 5 atom stereocenters. The van der Waals surface area contributed by atoms with Gasteiger partial charge in [0.1, 0.15) is 0 Å². The highest BCUT2D eigenvalue weighted by Gasteiger charge is 2.55. The molecule has 2 heteroatoms. The lowest BCUT2D eigenvalue weighted by Crippen LogP contribution is -2.52. The Hall–Kier alpha value is -0.600. The molecule has 2 rings (SSSR count). The average molecular weight is 306 g/mol. The minimum atomic E-state index is -0.310. The van der Waals surface area contributed by atoms with E-state index in [0.717, 1.165) is 31.3 Å². The van der Waals surface area contributed by atoms with E-state index in [1.165, 1.54) is 18.4 Å². The fourth-order valence-corrected chi connectivity index (χ4v) is 5.15. The molecule has 2 aliphatic carbocycles. The van der Waals surface area contributed by atoms with Gasteiger partial charge >= 0.3 is 0 Å². The Kier molecular flexibility index (Phi) is 5.23. The fourth-order valence-electron chi connectivity index (χ4n) is 5.15. The van der Waals surface area contributed by atoms with E-state index in [9.17, 15) is 5.11 Å². The highest BCUT2D eigenvalue weighted by Crippen LogP contribution is 2.62. The first-order chi connectivity index (χ1) is 10.3. The van der Waals surface area contributed by atoms with Gasteiger partial charge in [0.25, 0.3) is 0 Å². The molecule has 2 N–H and O–H groups in total. The first kappa shape index (κ1) is 17.7. The van der Waals surface area contributed by atoms with Crippen molar-refractivity contribution in [3.8, 4) is 0 Å². The molecule has 126 valence electrons. The maximum absolute atomic E-state index is 10.3. The number of aliphatic hydroxyl groups is 2. The molecule has 2 nitrogen and oxygen atoms in total. The van der Waals surface area contributed by atoms with Crippen molar-refractivity contribution < 1.29 is 10.2 Å². The average Bonchev–Trinajstić information content (AvgIpc) is 2.47. The van der Waals surface area contributed by atoms with Crippen LogP contribution in [0.3, 0.4) is 0 Å². The molecule has 0 spiro atoms. The second-order valence-electron chi connectivity index (χ2n) is 8.27. The lowest BCUT2D eigenvalue weighted by atomic mass is 9.46. The van der Waals surface area contributed by atoms with Crippen molar-refractivity contribution in [3.05, 3.63) is 23.8 Å². The Morgan fingerprint density at radius 2 is 2.00 bits per heavy atom. The van der Waals surface area contributed by atoms with Crippen LogP contribution in [-0.4, -0.2) is 22.9 Å². The molecule has 0 saturated heterocycles. The van der Waals surface area contributed by atoms with Crippen LogP contribution >= 0.6 is 0 Å². The van der Waals surface area contributed by atoms with Crippen molar-refractivity contribution in [2.75, 3.05) is 6.61 Å². The Bertz CT molecular complexity index is 453. The van der Waals surface area contributed by atoms with Crippen LogP contribution in [0.15, 0.2) is 23.8 Å². The van der Waals surface area contributed by atoms with E-state index >= 15 is 0 Å². The molecule has 0 aromatic carbocycles. The Morgan fingerprint density at radius 3 is 2.64 bits per heavy atom. The van der Waals surface area contributed by atoms with Gasteiger partial charge in [0.15, 0.2) is 0 Å². The fraction of sp³-hybridized carbons (Fsp3) is 0.800. The van der Waals surface area contributed by atoms with Crippen LogP contribution < -0.4 is 0 Å². The summed E-state index contributed by atoms with van der Waals surface area (Å²) in [6, 6.07) is 0. The molecule has 22 heavy (non-hydrogen) atoms. The monoisotopic (exact) mass is 306 g/mol. The van der Waals surface area contributed by atoms with Gasteiger partial charge in [-0.1, -0.05) is 39.0 Å². The molecule has 0 aromatic heterocycles. The lowest BCUT2D eigenvalue weighted by molar-refractivity contribution is -0.0730. The summed E-state index contributed by atoms with van der Waals surface area (Å²) >= 11 is 0. The number of fused-ring (bicyclic) bond motifs is 1. The zero-order valence-corrected chi connectivity index (χ0v) is 14.9. The highest BCUT2D eigenvalue weighted by atomic mass is 16.3. The van der Waals surface area contributed by atoms with E-state index in [0.29, 0.717) is 17.3 Å². The first-order valence-electron chi connectivity index (χ1n) is 8.89. The van der Waals surface area contributed by atoms with E-state index in [-0.39, 0.29) is 18.1 Å². The smallest absolute Gasteiger partial charge is 0.0753 e. The third kappa shape index (κ3) is 2.92. The predicted molar refractivity (Wildman–Crippen MR) is 92.6 cm³/mol. The van der Waals surface area contributed by atoms with Gasteiger partial charge in [-0.05, 0) is 73.7 Å². The summed E-state index contributed by atoms with van der Waals surface area (Å²) in [5, 5.41) is 19.3. The molecular formula is C20H34O2. The minimum absolute atomic E-state index is 0.0908. The molecule has 2 saturated carbocycles. The van der Waals surface area contributed by atoms with Crippen LogP contribution in [0.4, 0.5) is 0 Å². The van der Waals surface area contributed by atoms with Crippen LogP contribution in [0.2, 0.25) is 0 Å². The van der Waals surface area contributed by atoms with Crippen LogP contribution in [-0.2, 0) is 0 Å². The summed E-state index contributed by atoms with van der Waals surface area (Å²) in [7, 11) is 0. The highest BCUT2D eigenvalue weighted by molar-refractivity contribution is 5.23. The zero-order chi connectivity index (χ0) is 16.5. The SMILES string of the molecule is C=C1[C@H](O)CC[C@@H]2[C@@](C)(CC/C(C)=C/CO)[C@H](C)CC[C@@]12C. The molecule has 2 aliphatic rings. The maximum Gasteiger partial charge on any atom is 0.0753 e. The Morgan fingerprint density at radius 1 is 1.32 bits per heavy atom. The summed E-state index contributed by atoms with van der Waals surface area (Å²) in [6.07, 6.45) is 8.21. The molecule has 0 unspecified atom stereocenters. The first-order valence-corrected chi connectivity index (χ1v) is 8.89. The Balaban J connectivity index is 2.24. The summed E-state index contributed by atoms with van der Waals surface area (Å²) in [5.74, 6) is 1.32. The van der Waals surface area contributed by atoms with Crippen LogP contribution in [0, 0.1) is 22.7 Å². The minimum Gasteiger partial charge on any atom is -0.392 e. The van der Waals surface area contributed by atoms with Gasteiger partial charge in [-0.15, -0.1) is 0 Å². The third-order valence-corrected chi connectivity index (χ3v) is 7.15. The number of hydrogen-bond acceptors (Lipinski definition) is 2. The molecule has 0 aliphatic heterocycles. The van der Waals surface area contributed by atoms with Gasteiger partial charge < -0.3 is 10.2 Å². The Labute approximate surface area is 136 Å². The molecule has 0 radical (unpaired) electrons. The molecule has 0 bridgehead atoms. The van der Waals surface area contributed by atoms with E-state index in [1.54, 1.807) is 0 Å². The topological polar surface area (TPSA) is 40.5 Å². The van der Waals surface area contributed by atoms with Gasteiger partial charge in [-0.3, -0.25) is 0 Å². The second-order valence-corrected chi connectivity index (χ2v) is 8.27. The quantitative estimate of drug-likeness (QED) is 0.752. The normalized spacial score (nSPS) is 43.1. The van der Waals surface area contributed by atoms with Crippen LogP contribution in [0.1, 0.15) is 66.2 Å². The summed E-state index contributed by atoms with van der Waals surface area (Å²) in [6.45, 7) is 13.7. The van der Waals surface area contributed by atoms with Crippen molar-refractivity contribution in [3.63, 3.8) is 0 Å². The summed E-state index contributed by atoms with van der Waals surface area (Å²) < 4.78 is 0. The van der Waals surface area contributed by atoms with Gasteiger partial charge in [0.2, 0.25) is 0 Å². The molecule has 2 fully saturated rings. The molecular weight excluding hydrogens is 272 g/mol. The molecule has 0 aromatic rings. The van der Waals surface area contributed by atoms with Gasteiger partial charge in [0.05, 0.1) is 12.7 Å². The van der Waals surface area contributed by atoms with Gasteiger partial charge in [-0.25, -0.2) is 0 Å². The summed E-state index contributed by atoms with van der Waals surface area (Å²) in [5.41, 5.74) is 2.75. The predicted octanol–water partition coefficient (Wildman–Crippen LogP) is 4.47. The van der Waals surface area contributed by atoms with E-state index < -0.39 is 0 Å². The van der Waals surface area contributed by atoms with E-state index in [1.807, 2.05) is 6.08 Å². The number of allylic oxidation sites excluding steroid dienone is 1. The molecule has 0 amide bonds. The standard InChI is InChI=1S/C20H34O2/c1-14(10-13-21)8-11-19(4)15(2)9-12-20(5)16(3)17(22)6-7-18(19)20/h10,15,17-18,21-22H,3,6-9,11-13H2,1-2,4-5H3/b14-10+/t15-,17-,18-,19+,20+/m1/s1. The zero-order valence-electron chi connectivity index (χ0n) is 14.9.